The molecule has 20 heavy (non-hydrogen) atoms. The molecule has 0 bridgehead atoms. The minimum atomic E-state index is -0.431. The number of hydrogen-bond donors (Lipinski definition) is 1. The molecule has 0 aliphatic rings. The first-order valence-corrected chi connectivity index (χ1v) is 6.15. The summed E-state index contributed by atoms with van der Waals surface area (Å²) in [6.45, 7) is 3.37. The number of nitro benzene ring substituents is 1. The summed E-state index contributed by atoms with van der Waals surface area (Å²) in [5.74, 6) is 0.916. The van der Waals surface area contributed by atoms with Crippen LogP contribution in [0.5, 0.6) is 11.5 Å². The van der Waals surface area contributed by atoms with E-state index in [0.717, 1.165) is 5.56 Å². The van der Waals surface area contributed by atoms with Crippen molar-refractivity contribution in [3.8, 4) is 11.5 Å². The van der Waals surface area contributed by atoms with Crippen LogP contribution < -0.4 is 4.74 Å². The standard InChI is InChI=1S/C15H15NO4/c1-10-7-11(2)15(8-13(10)16(18)19)20-14-6-4-3-5-12(14)9-17/h3-8,17H,9H2,1-2H3. The Labute approximate surface area is 116 Å². The van der Waals surface area contributed by atoms with Gasteiger partial charge in [0.25, 0.3) is 5.69 Å². The average Bonchev–Trinajstić information content (AvgIpc) is 2.42. The fourth-order valence-electron chi connectivity index (χ4n) is 1.98. The van der Waals surface area contributed by atoms with Crippen LogP contribution in [0.4, 0.5) is 5.69 Å². The molecule has 5 nitrogen and oxygen atoms in total. The zero-order chi connectivity index (χ0) is 14.7. The Morgan fingerprint density at radius 3 is 2.50 bits per heavy atom. The molecule has 1 N–H and O–H groups in total. The van der Waals surface area contributed by atoms with Crippen LogP contribution in [0.15, 0.2) is 36.4 Å². The van der Waals surface area contributed by atoms with Crippen molar-refractivity contribution >= 4 is 5.69 Å². The Hall–Kier alpha value is -2.40. The molecule has 2 aromatic rings. The van der Waals surface area contributed by atoms with Gasteiger partial charge in [-0.2, -0.15) is 0 Å². The number of aliphatic hydroxyl groups excluding tert-OH is 1. The van der Waals surface area contributed by atoms with E-state index >= 15 is 0 Å². The van der Waals surface area contributed by atoms with Gasteiger partial charge in [-0.15, -0.1) is 0 Å². The molecule has 0 amide bonds. The number of ether oxygens (including phenoxy) is 1. The Bertz CT molecular complexity index is 652. The topological polar surface area (TPSA) is 72.6 Å². The lowest BCUT2D eigenvalue weighted by atomic mass is 10.1. The normalized spacial score (nSPS) is 10.3. The number of para-hydroxylation sites is 1. The van der Waals surface area contributed by atoms with Gasteiger partial charge >= 0.3 is 0 Å². The van der Waals surface area contributed by atoms with Crippen LogP contribution in [0.2, 0.25) is 0 Å². The van der Waals surface area contributed by atoms with E-state index in [4.69, 9.17) is 4.74 Å². The summed E-state index contributed by atoms with van der Waals surface area (Å²) in [4.78, 5) is 10.5. The van der Waals surface area contributed by atoms with Gasteiger partial charge in [-0.25, -0.2) is 0 Å². The molecular formula is C15H15NO4. The molecule has 0 heterocycles. The molecule has 0 spiro atoms. The van der Waals surface area contributed by atoms with Crippen molar-refractivity contribution in [2.45, 2.75) is 20.5 Å². The van der Waals surface area contributed by atoms with Crippen molar-refractivity contribution in [2.75, 3.05) is 0 Å². The van der Waals surface area contributed by atoms with Crippen molar-refractivity contribution in [3.05, 3.63) is 63.2 Å². The van der Waals surface area contributed by atoms with Crippen LogP contribution in [0.3, 0.4) is 0 Å². The lowest BCUT2D eigenvalue weighted by molar-refractivity contribution is -0.385. The molecule has 0 unspecified atom stereocenters. The number of aryl methyl sites for hydroxylation is 2. The maximum Gasteiger partial charge on any atom is 0.276 e. The van der Waals surface area contributed by atoms with Crippen molar-refractivity contribution in [2.24, 2.45) is 0 Å². The van der Waals surface area contributed by atoms with E-state index in [-0.39, 0.29) is 12.3 Å². The minimum absolute atomic E-state index is 0.0204. The van der Waals surface area contributed by atoms with Gasteiger partial charge in [-0.05, 0) is 31.5 Å². The molecule has 0 saturated heterocycles. The van der Waals surface area contributed by atoms with Gasteiger partial charge in [0, 0.05) is 11.1 Å². The zero-order valence-electron chi connectivity index (χ0n) is 11.3. The second-order valence-electron chi connectivity index (χ2n) is 4.53. The highest BCUT2D eigenvalue weighted by Crippen LogP contribution is 2.32. The third-order valence-corrected chi connectivity index (χ3v) is 3.05. The van der Waals surface area contributed by atoms with Crippen molar-refractivity contribution in [1.82, 2.24) is 0 Å². The van der Waals surface area contributed by atoms with Gasteiger partial charge < -0.3 is 9.84 Å². The monoisotopic (exact) mass is 273 g/mol. The first-order valence-electron chi connectivity index (χ1n) is 6.15. The van der Waals surface area contributed by atoms with E-state index in [1.807, 2.05) is 6.92 Å². The SMILES string of the molecule is Cc1cc(C)c([N+](=O)[O-])cc1Oc1ccccc1CO. The fraction of sp³-hybridized carbons (Fsp3) is 0.200. The maximum absolute atomic E-state index is 11.0. The highest BCUT2D eigenvalue weighted by atomic mass is 16.6. The van der Waals surface area contributed by atoms with E-state index in [0.29, 0.717) is 22.6 Å². The van der Waals surface area contributed by atoms with Gasteiger partial charge in [0.2, 0.25) is 0 Å². The number of rotatable bonds is 4. The molecular weight excluding hydrogens is 258 g/mol. The summed E-state index contributed by atoms with van der Waals surface area (Å²) < 4.78 is 5.71. The maximum atomic E-state index is 11.0. The van der Waals surface area contributed by atoms with Crippen LogP contribution in [0.1, 0.15) is 16.7 Å². The molecule has 0 saturated carbocycles. The van der Waals surface area contributed by atoms with Crippen LogP contribution in [0.25, 0.3) is 0 Å². The molecule has 2 aromatic carbocycles. The second-order valence-corrected chi connectivity index (χ2v) is 4.53. The number of aliphatic hydroxyl groups is 1. The van der Waals surface area contributed by atoms with Gasteiger partial charge in [0.15, 0.2) is 0 Å². The lowest BCUT2D eigenvalue weighted by Gasteiger charge is -2.12. The first kappa shape index (κ1) is 14.0. The minimum Gasteiger partial charge on any atom is -0.456 e. The zero-order valence-corrected chi connectivity index (χ0v) is 11.3. The lowest BCUT2D eigenvalue weighted by Crippen LogP contribution is -1.97. The Morgan fingerprint density at radius 2 is 1.85 bits per heavy atom. The van der Waals surface area contributed by atoms with Gasteiger partial charge in [0.1, 0.15) is 11.5 Å². The van der Waals surface area contributed by atoms with Crippen LogP contribution >= 0.6 is 0 Å². The molecule has 104 valence electrons. The second kappa shape index (κ2) is 5.71. The molecule has 0 aromatic heterocycles. The van der Waals surface area contributed by atoms with E-state index in [2.05, 4.69) is 0 Å². The van der Waals surface area contributed by atoms with E-state index < -0.39 is 4.92 Å². The summed E-state index contributed by atoms with van der Waals surface area (Å²) in [7, 11) is 0. The van der Waals surface area contributed by atoms with E-state index in [9.17, 15) is 15.2 Å². The summed E-state index contributed by atoms with van der Waals surface area (Å²) in [6, 6.07) is 10.2. The molecule has 5 heteroatoms. The first-order chi connectivity index (χ1) is 9.52. The quantitative estimate of drug-likeness (QED) is 0.683. The average molecular weight is 273 g/mol. The van der Waals surface area contributed by atoms with E-state index in [1.54, 1.807) is 37.3 Å². The predicted octanol–water partition coefficient (Wildman–Crippen LogP) is 3.50. The van der Waals surface area contributed by atoms with Crippen molar-refractivity contribution < 1.29 is 14.8 Å². The van der Waals surface area contributed by atoms with Gasteiger partial charge in [-0.1, -0.05) is 18.2 Å². The largest absolute Gasteiger partial charge is 0.456 e. The predicted molar refractivity (Wildman–Crippen MR) is 75.0 cm³/mol. The highest BCUT2D eigenvalue weighted by molar-refractivity contribution is 5.51. The van der Waals surface area contributed by atoms with Crippen molar-refractivity contribution in [3.63, 3.8) is 0 Å². The number of benzene rings is 2. The van der Waals surface area contributed by atoms with Gasteiger partial charge in [0.05, 0.1) is 17.6 Å². The van der Waals surface area contributed by atoms with E-state index in [1.165, 1.54) is 6.07 Å². The van der Waals surface area contributed by atoms with Crippen LogP contribution in [-0.4, -0.2) is 10.0 Å². The summed E-state index contributed by atoms with van der Waals surface area (Å²) in [5.41, 5.74) is 2.05. The smallest absolute Gasteiger partial charge is 0.276 e. The molecule has 0 radical (unpaired) electrons. The molecule has 0 fully saturated rings. The molecule has 0 aliphatic heterocycles. The Morgan fingerprint density at radius 1 is 1.15 bits per heavy atom. The Kier molecular flexibility index (Phi) is 4.00. The molecule has 0 aliphatic carbocycles. The fourth-order valence-corrected chi connectivity index (χ4v) is 1.98. The van der Waals surface area contributed by atoms with Gasteiger partial charge in [-0.3, -0.25) is 10.1 Å². The number of nitrogens with zero attached hydrogens (tertiary/aromatic N) is 1. The third-order valence-electron chi connectivity index (χ3n) is 3.05. The number of nitro groups is 1. The third kappa shape index (κ3) is 2.78. The van der Waals surface area contributed by atoms with Crippen molar-refractivity contribution in [1.29, 1.82) is 0 Å². The van der Waals surface area contributed by atoms with Crippen LogP contribution in [0, 0.1) is 24.0 Å². The summed E-state index contributed by atoms with van der Waals surface area (Å²) >= 11 is 0. The summed E-state index contributed by atoms with van der Waals surface area (Å²) in [6.07, 6.45) is 0. The number of hydrogen-bond acceptors (Lipinski definition) is 4. The summed E-state index contributed by atoms with van der Waals surface area (Å²) in [5, 5.41) is 20.2. The Balaban J connectivity index is 2.43. The molecule has 0 atom stereocenters. The molecule has 2 rings (SSSR count). The highest BCUT2D eigenvalue weighted by Gasteiger charge is 2.15. The van der Waals surface area contributed by atoms with Crippen LogP contribution in [-0.2, 0) is 6.61 Å².